The summed E-state index contributed by atoms with van der Waals surface area (Å²) in [6.45, 7) is 1.08. The molecule has 0 aromatic carbocycles. The van der Waals surface area contributed by atoms with E-state index in [2.05, 4.69) is 12.2 Å². The second-order valence-electron chi connectivity index (χ2n) is 15.4. The predicted molar refractivity (Wildman–Crippen MR) is 203 cm³/mol. The molecule has 0 aliphatic carbocycles. The molecule has 0 spiro atoms. The minimum Gasteiger partial charge on any atom is -0.394 e. The molecule has 19 nitrogen and oxygen atoms in total. The third-order valence-corrected chi connectivity index (χ3v) is 10.9. The number of aliphatic hydroxyl groups excluding tert-OH is 11. The van der Waals surface area contributed by atoms with Gasteiger partial charge >= 0.3 is 0 Å². The summed E-state index contributed by atoms with van der Waals surface area (Å²) in [5.41, 5.74) is 0. The lowest BCUT2D eigenvalue weighted by atomic mass is 9.96. The van der Waals surface area contributed by atoms with Crippen molar-refractivity contribution in [2.75, 3.05) is 26.4 Å². The van der Waals surface area contributed by atoms with Crippen molar-refractivity contribution in [1.82, 2.24) is 5.32 Å². The highest BCUT2D eigenvalue weighted by Gasteiger charge is 2.53. The van der Waals surface area contributed by atoms with Crippen LogP contribution in [-0.2, 0) is 33.2 Å². The number of carbonyl (C=O) groups is 1. The van der Waals surface area contributed by atoms with E-state index in [1.54, 1.807) is 13.0 Å². The van der Waals surface area contributed by atoms with Crippen LogP contribution in [0.1, 0.15) is 97.3 Å². The summed E-state index contributed by atoms with van der Waals surface area (Å²) in [6, 6.07) is -0.962. The van der Waals surface area contributed by atoms with E-state index in [9.17, 15) is 61.0 Å². The van der Waals surface area contributed by atoms with E-state index in [-0.39, 0.29) is 18.9 Å². The Hall–Kier alpha value is -1.47. The lowest BCUT2D eigenvalue weighted by Crippen LogP contribution is -2.66. The SMILES string of the molecule is CCCCCCCCCCCCC/C=C/C(O)C(COC1OC(CO)C(OC2OC(CO)C(OC3OC(CO)C(O)C(O)C3O)C(O)C2O)C(O)C1O)NC(=O)CC. The number of hydrogen-bond acceptors (Lipinski definition) is 18. The van der Waals surface area contributed by atoms with Crippen molar-refractivity contribution in [3.8, 4) is 0 Å². The van der Waals surface area contributed by atoms with Gasteiger partial charge in [0.2, 0.25) is 5.91 Å². The highest BCUT2D eigenvalue weighted by Crippen LogP contribution is 2.32. The number of ether oxygens (including phenoxy) is 6. The predicted octanol–water partition coefficient (Wildman–Crippen LogP) is -2.04. The maximum absolute atomic E-state index is 12.3. The molecule has 0 bridgehead atoms. The molecule has 340 valence electrons. The maximum Gasteiger partial charge on any atom is 0.220 e. The highest BCUT2D eigenvalue weighted by molar-refractivity contribution is 5.75. The molecule has 17 unspecified atom stereocenters. The van der Waals surface area contributed by atoms with Gasteiger partial charge in [-0.15, -0.1) is 0 Å². The zero-order valence-corrected chi connectivity index (χ0v) is 33.8. The Balaban J connectivity index is 1.53. The molecule has 3 heterocycles. The Morgan fingerprint density at radius 1 is 0.603 bits per heavy atom. The lowest BCUT2D eigenvalue weighted by molar-refractivity contribution is -0.379. The van der Waals surface area contributed by atoms with Crippen LogP contribution in [0.2, 0.25) is 0 Å². The number of unbranched alkanes of at least 4 members (excludes halogenated alkanes) is 11. The van der Waals surface area contributed by atoms with Crippen LogP contribution in [0.3, 0.4) is 0 Å². The van der Waals surface area contributed by atoms with Gasteiger partial charge in [0, 0.05) is 6.42 Å². The summed E-state index contributed by atoms with van der Waals surface area (Å²) < 4.78 is 33.6. The number of hydrogen-bond donors (Lipinski definition) is 12. The molecule has 1 amide bonds. The van der Waals surface area contributed by atoms with Crippen molar-refractivity contribution in [2.45, 2.75) is 202 Å². The van der Waals surface area contributed by atoms with Crippen molar-refractivity contribution in [3.63, 3.8) is 0 Å². The second kappa shape index (κ2) is 26.8. The zero-order chi connectivity index (χ0) is 42.8. The van der Waals surface area contributed by atoms with Gasteiger partial charge in [-0.05, 0) is 12.8 Å². The summed E-state index contributed by atoms with van der Waals surface area (Å²) in [5, 5.41) is 118. The van der Waals surface area contributed by atoms with E-state index >= 15 is 0 Å². The number of nitrogens with one attached hydrogen (secondary N) is 1. The Morgan fingerprint density at radius 2 is 1.05 bits per heavy atom. The van der Waals surface area contributed by atoms with Gasteiger partial charge in [0.25, 0.3) is 0 Å². The van der Waals surface area contributed by atoms with Crippen LogP contribution in [0.5, 0.6) is 0 Å². The fourth-order valence-electron chi connectivity index (χ4n) is 7.21. The molecule has 58 heavy (non-hydrogen) atoms. The number of rotatable bonds is 26. The van der Waals surface area contributed by atoms with Gasteiger partial charge in [-0.3, -0.25) is 4.79 Å². The molecule has 3 aliphatic rings. The van der Waals surface area contributed by atoms with E-state index in [1.807, 2.05) is 6.08 Å². The number of allylic oxidation sites excluding steroid dienone is 1. The van der Waals surface area contributed by atoms with Gasteiger partial charge in [0.1, 0.15) is 73.2 Å². The zero-order valence-electron chi connectivity index (χ0n) is 33.8. The molecule has 3 rings (SSSR count). The first kappa shape index (κ1) is 50.9. The molecule has 19 heteroatoms. The van der Waals surface area contributed by atoms with Crippen LogP contribution < -0.4 is 5.32 Å². The van der Waals surface area contributed by atoms with Crippen molar-refractivity contribution in [1.29, 1.82) is 0 Å². The fraction of sp³-hybridized carbons (Fsp3) is 0.923. The Kier molecular flexibility index (Phi) is 23.5. The third-order valence-electron chi connectivity index (χ3n) is 10.9. The number of aliphatic hydroxyl groups is 11. The lowest BCUT2D eigenvalue weighted by Gasteiger charge is -2.48. The van der Waals surface area contributed by atoms with E-state index in [0.29, 0.717) is 0 Å². The number of carbonyl (C=O) groups excluding carboxylic acids is 1. The second-order valence-corrected chi connectivity index (χ2v) is 15.4. The molecule has 0 aromatic rings. The highest BCUT2D eigenvalue weighted by atomic mass is 16.8. The van der Waals surface area contributed by atoms with Crippen molar-refractivity contribution in [2.24, 2.45) is 0 Å². The normalized spacial score (nSPS) is 36.9. The minimum absolute atomic E-state index is 0.125. The molecule has 12 N–H and O–H groups in total. The van der Waals surface area contributed by atoms with Crippen LogP contribution >= 0.6 is 0 Å². The molecule has 3 fully saturated rings. The van der Waals surface area contributed by atoms with Gasteiger partial charge in [-0.1, -0.05) is 90.2 Å². The first-order chi connectivity index (χ1) is 27.8. The molecule has 0 aromatic heterocycles. The molecular formula is C39H71NO18. The summed E-state index contributed by atoms with van der Waals surface area (Å²) in [7, 11) is 0. The molecule has 0 radical (unpaired) electrons. The smallest absolute Gasteiger partial charge is 0.220 e. The molecular weight excluding hydrogens is 770 g/mol. The van der Waals surface area contributed by atoms with Crippen LogP contribution in [0, 0.1) is 0 Å². The van der Waals surface area contributed by atoms with E-state index < -0.39 is 124 Å². The quantitative estimate of drug-likeness (QED) is 0.0330. The maximum atomic E-state index is 12.3. The Bertz CT molecular complexity index is 1150. The van der Waals surface area contributed by atoms with Crippen LogP contribution in [0.4, 0.5) is 0 Å². The van der Waals surface area contributed by atoms with Crippen LogP contribution in [0.15, 0.2) is 12.2 Å². The largest absolute Gasteiger partial charge is 0.394 e. The molecule has 3 aliphatic heterocycles. The van der Waals surface area contributed by atoms with Crippen LogP contribution in [0.25, 0.3) is 0 Å². The van der Waals surface area contributed by atoms with Crippen LogP contribution in [-0.4, -0.2) is 193 Å². The van der Waals surface area contributed by atoms with Crippen molar-refractivity contribution < 1.29 is 89.4 Å². The Labute approximate surface area is 340 Å². The van der Waals surface area contributed by atoms with Gasteiger partial charge in [0.15, 0.2) is 18.9 Å². The molecule has 0 saturated carbocycles. The minimum atomic E-state index is -1.97. The monoisotopic (exact) mass is 841 g/mol. The van der Waals surface area contributed by atoms with Gasteiger partial charge in [0.05, 0.1) is 38.6 Å². The number of amides is 1. The summed E-state index contributed by atoms with van der Waals surface area (Å²) >= 11 is 0. The topological polar surface area (TPSA) is 307 Å². The van der Waals surface area contributed by atoms with Gasteiger partial charge in [-0.25, -0.2) is 0 Å². The Morgan fingerprint density at radius 3 is 1.55 bits per heavy atom. The fourth-order valence-corrected chi connectivity index (χ4v) is 7.21. The standard InChI is InChI=1S/C39H71NO18/c1-3-5-6-7-8-9-10-11-12-13-14-15-16-17-23(44)22(40-27(45)4-2)21-53-37-33(51)30(48)35(25(19-42)55-37)58-39-34(52)31(49)36(26(20-43)56-39)57-38-32(50)29(47)28(46)24(18-41)54-38/h16-17,22-26,28-39,41-44,46-52H,3-15,18-21H2,1-2H3,(H,40,45)/b17-16+. The van der Waals surface area contributed by atoms with E-state index in [0.717, 1.165) is 25.7 Å². The van der Waals surface area contributed by atoms with E-state index in [1.165, 1.54) is 51.4 Å². The average molecular weight is 842 g/mol. The summed E-state index contributed by atoms with van der Waals surface area (Å²) in [4.78, 5) is 12.3. The van der Waals surface area contributed by atoms with Gasteiger partial charge in [-0.2, -0.15) is 0 Å². The first-order valence-corrected chi connectivity index (χ1v) is 20.9. The first-order valence-electron chi connectivity index (χ1n) is 20.9. The third kappa shape index (κ3) is 14.9. The van der Waals surface area contributed by atoms with Crippen molar-refractivity contribution in [3.05, 3.63) is 12.2 Å². The molecule has 17 atom stereocenters. The summed E-state index contributed by atoms with van der Waals surface area (Å²) in [6.07, 6.45) is -9.09. The van der Waals surface area contributed by atoms with Crippen molar-refractivity contribution >= 4 is 5.91 Å². The average Bonchev–Trinajstić information content (AvgIpc) is 3.22. The molecule has 3 saturated heterocycles. The van der Waals surface area contributed by atoms with Gasteiger partial charge < -0.3 is 89.9 Å². The van der Waals surface area contributed by atoms with E-state index in [4.69, 9.17) is 28.4 Å². The summed E-state index contributed by atoms with van der Waals surface area (Å²) in [5.74, 6) is -0.367.